The number of para-hydroxylation sites is 1. The summed E-state index contributed by atoms with van der Waals surface area (Å²) in [5.41, 5.74) is 2.83. The summed E-state index contributed by atoms with van der Waals surface area (Å²) in [6.07, 6.45) is 4.27. The van der Waals surface area contributed by atoms with E-state index in [1.54, 1.807) is 0 Å². The Morgan fingerprint density at radius 2 is 2.06 bits per heavy atom. The van der Waals surface area contributed by atoms with E-state index in [0.717, 1.165) is 19.0 Å². The van der Waals surface area contributed by atoms with E-state index in [1.165, 1.54) is 37.1 Å². The quantitative estimate of drug-likeness (QED) is 0.811. The summed E-state index contributed by atoms with van der Waals surface area (Å²) in [4.78, 5) is 2.54. The standard InChI is InChI=1S/C15H24N2/c1-3-17(12-13-7-6-8-13)15-10-5-4-9-14(15)11-16-2/h4-5,9-10,13,16H,3,6-8,11-12H2,1-2H3. The molecule has 1 aliphatic carbocycles. The first-order valence-electron chi connectivity index (χ1n) is 6.82. The first-order valence-corrected chi connectivity index (χ1v) is 6.82. The minimum Gasteiger partial charge on any atom is -0.371 e. The van der Waals surface area contributed by atoms with E-state index >= 15 is 0 Å². The van der Waals surface area contributed by atoms with Crippen LogP contribution in [-0.4, -0.2) is 20.1 Å². The minimum absolute atomic E-state index is 0.928. The van der Waals surface area contributed by atoms with Gasteiger partial charge in [0, 0.05) is 25.3 Å². The van der Waals surface area contributed by atoms with E-state index < -0.39 is 0 Å². The van der Waals surface area contributed by atoms with E-state index in [2.05, 4.69) is 41.4 Å². The van der Waals surface area contributed by atoms with Gasteiger partial charge in [-0.2, -0.15) is 0 Å². The van der Waals surface area contributed by atoms with Crippen LogP contribution in [0.15, 0.2) is 24.3 Å². The lowest BCUT2D eigenvalue weighted by molar-refractivity contribution is 0.318. The van der Waals surface area contributed by atoms with Crippen LogP contribution in [0, 0.1) is 5.92 Å². The lowest BCUT2D eigenvalue weighted by Gasteiger charge is -2.34. The molecule has 1 fully saturated rings. The second-order valence-electron chi connectivity index (χ2n) is 4.99. The molecule has 1 aromatic rings. The topological polar surface area (TPSA) is 15.3 Å². The van der Waals surface area contributed by atoms with Crippen molar-refractivity contribution in [2.45, 2.75) is 32.7 Å². The molecule has 0 amide bonds. The Hall–Kier alpha value is -1.02. The Morgan fingerprint density at radius 3 is 2.65 bits per heavy atom. The van der Waals surface area contributed by atoms with Crippen LogP contribution in [0.1, 0.15) is 31.7 Å². The maximum atomic E-state index is 3.26. The van der Waals surface area contributed by atoms with Crippen molar-refractivity contribution >= 4 is 5.69 Å². The van der Waals surface area contributed by atoms with Crippen molar-refractivity contribution in [3.63, 3.8) is 0 Å². The molecular formula is C15H24N2. The van der Waals surface area contributed by atoms with Crippen molar-refractivity contribution in [1.29, 1.82) is 0 Å². The van der Waals surface area contributed by atoms with Crippen molar-refractivity contribution in [3.05, 3.63) is 29.8 Å². The number of nitrogens with zero attached hydrogens (tertiary/aromatic N) is 1. The third-order valence-electron chi connectivity index (χ3n) is 3.78. The fourth-order valence-corrected chi connectivity index (χ4v) is 2.54. The van der Waals surface area contributed by atoms with Gasteiger partial charge in [-0.15, -0.1) is 0 Å². The maximum Gasteiger partial charge on any atom is 0.0411 e. The van der Waals surface area contributed by atoms with Gasteiger partial charge in [0.2, 0.25) is 0 Å². The summed E-state index contributed by atoms with van der Waals surface area (Å²) in [5, 5.41) is 3.26. The first kappa shape index (κ1) is 12.4. The molecule has 0 aliphatic heterocycles. The lowest BCUT2D eigenvalue weighted by Crippen LogP contribution is -2.33. The molecule has 0 unspecified atom stereocenters. The highest BCUT2D eigenvalue weighted by Crippen LogP contribution is 2.30. The van der Waals surface area contributed by atoms with Crippen LogP contribution in [0.5, 0.6) is 0 Å². The highest BCUT2D eigenvalue weighted by atomic mass is 15.1. The van der Waals surface area contributed by atoms with Crippen LogP contribution in [-0.2, 0) is 6.54 Å². The van der Waals surface area contributed by atoms with Crippen LogP contribution in [0.4, 0.5) is 5.69 Å². The first-order chi connectivity index (χ1) is 8.35. The summed E-state index contributed by atoms with van der Waals surface area (Å²) < 4.78 is 0. The number of rotatable bonds is 6. The molecule has 0 atom stereocenters. The highest BCUT2D eigenvalue weighted by molar-refractivity contribution is 5.53. The van der Waals surface area contributed by atoms with E-state index in [-0.39, 0.29) is 0 Å². The van der Waals surface area contributed by atoms with Crippen molar-refractivity contribution < 1.29 is 0 Å². The normalized spacial score (nSPS) is 15.6. The minimum atomic E-state index is 0.928. The number of anilines is 1. The number of benzene rings is 1. The summed E-state index contributed by atoms with van der Waals surface area (Å²) in [6.45, 7) is 5.56. The second kappa shape index (κ2) is 6.06. The molecule has 0 saturated heterocycles. The molecule has 94 valence electrons. The van der Waals surface area contributed by atoms with E-state index in [0.29, 0.717) is 0 Å². The van der Waals surface area contributed by atoms with Crippen molar-refractivity contribution in [3.8, 4) is 0 Å². The summed E-state index contributed by atoms with van der Waals surface area (Å²) in [6, 6.07) is 8.77. The SMILES string of the molecule is CCN(CC1CCC1)c1ccccc1CNC. The second-order valence-corrected chi connectivity index (χ2v) is 4.99. The molecule has 2 rings (SSSR count). The summed E-state index contributed by atoms with van der Waals surface area (Å²) in [5.74, 6) is 0.928. The molecule has 0 heterocycles. The largest absolute Gasteiger partial charge is 0.371 e. The smallest absolute Gasteiger partial charge is 0.0411 e. The highest BCUT2D eigenvalue weighted by Gasteiger charge is 2.21. The summed E-state index contributed by atoms with van der Waals surface area (Å²) >= 11 is 0. The van der Waals surface area contributed by atoms with Gasteiger partial charge >= 0.3 is 0 Å². The Kier molecular flexibility index (Phi) is 4.43. The molecule has 1 aliphatic rings. The van der Waals surface area contributed by atoms with Crippen LogP contribution in [0.25, 0.3) is 0 Å². The molecule has 0 radical (unpaired) electrons. The fourth-order valence-electron chi connectivity index (χ4n) is 2.54. The van der Waals surface area contributed by atoms with Gasteiger partial charge in [-0.25, -0.2) is 0 Å². The van der Waals surface area contributed by atoms with Gasteiger partial charge in [0.05, 0.1) is 0 Å². The third kappa shape index (κ3) is 3.01. The molecule has 2 heteroatoms. The lowest BCUT2D eigenvalue weighted by atomic mass is 9.85. The average Bonchev–Trinajstić information content (AvgIpc) is 2.30. The molecule has 0 bridgehead atoms. The molecule has 2 nitrogen and oxygen atoms in total. The maximum absolute atomic E-state index is 3.26. The average molecular weight is 232 g/mol. The number of hydrogen-bond acceptors (Lipinski definition) is 2. The van der Waals surface area contributed by atoms with Crippen LogP contribution in [0.2, 0.25) is 0 Å². The Labute approximate surface area is 105 Å². The van der Waals surface area contributed by atoms with E-state index in [4.69, 9.17) is 0 Å². The van der Waals surface area contributed by atoms with Crippen molar-refractivity contribution in [2.75, 3.05) is 25.0 Å². The van der Waals surface area contributed by atoms with Gasteiger partial charge < -0.3 is 10.2 Å². The number of hydrogen-bond donors (Lipinski definition) is 1. The van der Waals surface area contributed by atoms with Crippen LogP contribution >= 0.6 is 0 Å². The molecule has 1 saturated carbocycles. The van der Waals surface area contributed by atoms with Gasteiger partial charge in [0.1, 0.15) is 0 Å². The van der Waals surface area contributed by atoms with Crippen LogP contribution < -0.4 is 10.2 Å². The Morgan fingerprint density at radius 1 is 1.29 bits per heavy atom. The van der Waals surface area contributed by atoms with Gasteiger partial charge in [-0.05, 0) is 44.4 Å². The molecular weight excluding hydrogens is 208 g/mol. The van der Waals surface area contributed by atoms with Crippen molar-refractivity contribution in [1.82, 2.24) is 5.32 Å². The van der Waals surface area contributed by atoms with Gasteiger partial charge in [-0.3, -0.25) is 0 Å². The fraction of sp³-hybridized carbons (Fsp3) is 0.600. The van der Waals surface area contributed by atoms with Crippen LogP contribution in [0.3, 0.4) is 0 Å². The number of nitrogens with one attached hydrogen (secondary N) is 1. The Balaban J connectivity index is 2.10. The zero-order valence-electron chi connectivity index (χ0n) is 11.1. The van der Waals surface area contributed by atoms with Gasteiger partial charge in [-0.1, -0.05) is 24.6 Å². The molecule has 0 aromatic heterocycles. The van der Waals surface area contributed by atoms with E-state index in [1.807, 2.05) is 7.05 Å². The van der Waals surface area contributed by atoms with E-state index in [9.17, 15) is 0 Å². The molecule has 1 aromatic carbocycles. The predicted octanol–water partition coefficient (Wildman–Crippen LogP) is 3.03. The van der Waals surface area contributed by atoms with Crippen molar-refractivity contribution in [2.24, 2.45) is 5.92 Å². The third-order valence-corrected chi connectivity index (χ3v) is 3.78. The molecule has 1 N–H and O–H groups in total. The zero-order valence-corrected chi connectivity index (χ0v) is 11.1. The zero-order chi connectivity index (χ0) is 12.1. The molecule has 0 spiro atoms. The predicted molar refractivity (Wildman–Crippen MR) is 74.4 cm³/mol. The monoisotopic (exact) mass is 232 g/mol. The molecule has 17 heavy (non-hydrogen) atoms. The van der Waals surface area contributed by atoms with Gasteiger partial charge in [0.15, 0.2) is 0 Å². The van der Waals surface area contributed by atoms with Gasteiger partial charge in [0.25, 0.3) is 0 Å². The Bertz CT molecular complexity index is 345. The summed E-state index contributed by atoms with van der Waals surface area (Å²) in [7, 11) is 2.01.